The number of hydrogen-bond acceptors (Lipinski definition) is 10. The minimum atomic E-state index is -1.05. The van der Waals surface area contributed by atoms with Crippen LogP contribution in [-0.2, 0) is 0 Å². The molecule has 13 nitrogen and oxygen atoms in total. The van der Waals surface area contributed by atoms with E-state index in [0.717, 1.165) is 18.2 Å². The van der Waals surface area contributed by atoms with E-state index in [4.69, 9.17) is 14.2 Å². The predicted molar refractivity (Wildman–Crippen MR) is 130 cm³/mol. The quantitative estimate of drug-likeness (QED) is 0.140. The molecule has 0 heterocycles. The van der Waals surface area contributed by atoms with E-state index >= 15 is 0 Å². The average molecular weight is 508 g/mol. The van der Waals surface area contributed by atoms with E-state index in [-0.39, 0.29) is 23.7 Å². The number of hydrazone groups is 1. The van der Waals surface area contributed by atoms with Crippen LogP contribution in [0.4, 0.5) is 11.4 Å². The molecule has 1 amide bonds. The second kappa shape index (κ2) is 11.9. The van der Waals surface area contributed by atoms with Gasteiger partial charge in [-0.05, 0) is 55.0 Å². The normalized spacial score (nSPS) is 10.5. The van der Waals surface area contributed by atoms with E-state index in [2.05, 4.69) is 10.5 Å². The van der Waals surface area contributed by atoms with Gasteiger partial charge in [-0.3, -0.25) is 25.0 Å². The highest BCUT2D eigenvalue weighted by molar-refractivity contribution is 5.95. The number of methoxy groups -OCH3 is 1. The van der Waals surface area contributed by atoms with Crippen LogP contribution >= 0.6 is 0 Å². The van der Waals surface area contributed by atoms with Gasteiger partial charge in [0, 0.05) is 17.7 Å². The summed E-state index contributed by atoms with van der Waals surface area (Å²) in [5.41, 5.74) is 1.61. The Morgan fingerprint density at radius 3 is 2.14 bits per heavy atom. The average Bonchev–Trinajstić information content (AvgIpc) is 2.89. The van der Waals surface area contributed by atoms with Crippen LogP contribution in [0.25, 0.3) is 0 Å². The van der Waals surface area contributed by atoms with Crippen LogP contribution in [0.5, 0.6) is 17.2 Å². The summed E-state index contributed by atoms with van der Waals surface area (Å²) in [5, 5.41) is 26.1. The van der Waals surface area contributed by atoms with Gasteiger partial charge in [-0.2, -0.15) is 5.10 Å². The maximum absolute atomic E-state index is 12.6. The fraction of sp³-hybridized carbons (Fsp3) is 0.125. The van der Waals surface area contributed by atoms with Gasteiger partial charge in [0.05, 0.1) is 41.4 Å². The molecule has 0 fully saturated rings. The highest BCUT2D eigenvalue weighted by Crippen LogP contribution is 2.30. The second-order valence-electron chi connectivity index (χ2n) is 7.21. The molecule has 0 bridgehead atoms. The number of non-ortho nitro benzene ring substituents is 2. The summed E-state index contributed by atoms with van der Waals surface area (Å²) in [7, 11) is 1.52. The molecule has 0 unspecified atom stereocenters. The Hall–Kier alpha value is -5.33. The molecular formula is C24H20N4O9. The van der Waals surface area contributed by atoms with E-state index in [1.807, 2.05) is 0 Å². The lowest BCUT2D eigenvalue weighted by molar-refractivity contribution is -0.394. The van der Waals surface area contributed by atoms with Gasteiger partial charge in [-0.15, -0.1) is 0 Å². The summed E-state index contributed by atoms with van der Waals surface area (Å²) in [4.78, 5) is 45.3. The van der Waals surface area contributed by atoms with Crippen molar-refractivity contribution in [3.05, 3.63) is 97.6 Å². The molecule has 0 aliphatic rings. The van der Waals surface area contributed by atoms with E-state index in [0.29, 0.717) is 16.9 Å². The van der Waals surface area contributed by atoms with E-state index in [1.54, 1.807) is 31.2 Å². The number of ether oxygens (including phenoxy) is 3. The Morgan fingerprint density at radius 1 is 0.919 bits per heavy atom. The number of rotatable bonds is 10. The van der Waals surface area contributed by atoms with Crippen LogP contribution in [-0.4, -0.2) is 41.7 Å². The fourth-order valence-electron chi connectivity index (χ4n) is 3.01. The van der Waals surface area contributed by atoms with Crippen molar-refractivity contribution in [3.63, 3.8) is 0 Å². The van der Waals surface area contributed by atoms with Crippen molar-refractivity contribution in [3.8, 4) is 17.2 Å². The topological polar surface area (TPSA) is 172 Å². The van der Waals surface area contributed by atoms with Crippen LogP contribution in [0, 0.1) is 20.2 Å². The lowest BCUT2D eigenvalue weighted by Crippen LogP contribution is -2.17. The third-order valence-corrected chi connectivity index (χ3v) is 4.76. The van der Waals surface area contributed by atoms with Crippen LogP contribution < -0.4 is 19.6 Å². The molecule has 3 aromatic rings. The lowest BCUT2D eigenvalue weighted by atomic mass is 10.1. The van der Waals surface area contributed by atoms with Crippen LogP contribution in [0.15, 0.2) is 65.8 Å². The summed E-state index contributed by atoms with van der Waals surface area (Å²) >= 11 is 0. The van der Waals surface area contributed by atoms with Gasteiger partial charge in [-0.25, -0.2) is 10.2 Å². The van der Waals surface area contributed by atoms with Gasteiger partial charge >= 0.3 is 5.97 Å². The first-order valence-electron chi connectivity index (χ1n) is 10.6. The van der Waals surface area contributed by atoms with Gasteiger partial charge in [-0.1, -0.05) is 0 Å². The molecule has 13 heteroatoms. The summed E-state index contributed by atoms with van der Waals surface area (Å²) in [6, 6.07) is 13.3. The van der Waals surface area contributed by atoms with Gasteiger partial charge in [0.25, 0.3) is 17.3 Å². The Balaban J connectivity index is 1.76. The number of carbonyl (C=O) groups excluding carboxylic acids is 2. The molecule has 0 aromatic heterocycles. The highest BCUT2D eigenvalue weighted by atomic mass is 16.6. The third-order valence-electron chi connectivity index (χ3n) is 4.76. The zero-order valence-electron chi connectivity index (χ0n) is 19.6. The Labute approximate surface area is 209 Å². The molecule has 0 radical (unpaired) electrons. The first-order chi connectivity index (χ1) is 17.7. The summed E-state index contributed by atoms with van der Waals surface area (Å²) in [6.45, 7) is 1.91. The first kappa shape index (κ1) is 26.3. The minimum absolute atomic E-state index is 0.0274. The summed E-state index contributed by atoms with van der Waals surface area (Å²) in [5.74, 6) is -0.781. The zero-order valence-corrected chi connectivity index (χ0v) is 19.6. The fourth-order valence-corrected chi connectivity index (χ4v) is 3.01. The maximum Gasteiger partial charge on any atom is 0.344 e. The summed E-state index contributed by atoms with van der Waals surface area (Å²) in [6.07, 6.45) is 1.35. The number of nitrogens with zero attached hydrogens (tertiary/aromatic N) is 3. The van der Waals surface area contributed by atoms with Crippen molar-refractivity contribution in [1.29, 1.82) is 0 Å². The van der Waals surface area contributed by atoms with Crippen molar-refractivity contribution in [1.82, 2.24) is 5.43 Å². The van der Waals surface area contributed by atoms with Gasteiger partial charge in [0.2, 0.25) is 0 Å². The van der Waals surface area contributed by atoms with Crippen LogP contribution in [0.1, 0.15) is 33.2 Å². The molecule has 0 saturated carbocycles. The molecule has 0 aliphatic heterocycles. The van der Waals surface area contributed by atoms with E-state index in [1.165, 1.54) is 31.5 Å². The van der Waals surface area contributed by atoms with Crippen molar-refractivity contribution in [2.75, 3.05) is 13.7 Å². The Morgan fingerprint density at radius 2 is 1.57 bits per heavy atom. The molecule has 37 heavy (non-hydrogen) atoms. The number of nitrogens with one attached hydrogen (secondary N) is 1. The SMILES string of the molecule is CCOc1cc(C=NNC(=O)c2ccc(OC)cc2)ccc1OC(=O)c1cc([N+](=O)[O-])cc([N+](=O)[O-])c1. The molecular weight excluding hydrogens is 488 g/mol. The largest absolute Gasteiger partial charge is 0.497 e. The number of esters is 1. The number of nitro benzene ring substituents is 2. The molecule has 0 atom stereocenters. The van der Waals surface area contributed by atoms with Crippen molar-refractivity contribution in [2.24, 2.45) is 5.10 Å². The lowest BCUT2D eigenvalue weighted by Gasteiger charge is -2.11. The monoisotopic (exact) mass is 508 g/mol. The number of carbonyl (C=O) groups is 2. The number of nitro groups is 2. The molecule has 0 saturated heterocycles. The van der Waals surface area contributed by atoms with Crippen molar-refractivity contribution >= 4 is 29.5 Å². The Bertz CT molecular complexity index is 1340. The molecule has 3 rings (SSSR count). The van der Waals surface area contributed by atoms with E-state index < -0.39 is 33.1 Å². The highest BCUT2D eigenvalue weighted by Gasteiger charge is 2.22. The molecule has 0 aliphatic carbocycles. The standard InChI is InChI=1S/C24H20N4O9/c1-3-36-22-10-15(14-25-26-23(29)16-5-7-20(35-2)8-6-16)4-9-21(22)37-24(30)17-11-18(27(31)32)13-19(12-17)28(33)34/h4-14H,3H2,1-2H3,(H,26,29). The second-order valence-corrected chi connectivity index (χ2v) is 7.21. The number of benzene rings is 3. The van der Waals surface area contributed by atoms with Crippen LogP contribution in [0.2, 0.25) is 0 Å². The molecule has 1 N–H and O–H groups in total. The van der Waals surface area contributed by atoms with Gasteiger partial charge < -0.3 is 14.2 Å². The van der Waals surface area contributed by atoms with Crippen molar-refractivity contribution in [2.45, 2.75) is 6.92 Å². The number of amides is 1. The zero-order chi connectivity index (χ0) is 26.9. The maximum atomic E-state index is 12.6. The smallest absolute Gasteiger partial charge is 0.344 e. The van der Waals surface area contributed by atoms with E-state index in [9.17, 15) is 29.8 Å². The number of hydrogen-bond donors (Lipinski definition) is 1. The Kier molecular flexibility index (Phi) is 8.44. The minimum Gasteiger partial charge on any atom is -0.497 e. The molecule has 190 valence electrons. The van der Waals surface area contributed by atoms with Crippen LogP contribution in [0.3, 0.4) is 0 Å². The van der Waals surface area contributed by atoms with Crippen molar-refractivity contribution < 1.29 is 33.6 Å². The third kappa shape index (κ3) is 6.85. The molecule has 0 spiro atoms. The van der Waals surface area contributed by atoms with Gasteiger partial charge in [0.15, 0.2) is 11.5 Å². The van der Waals surface area contributed by atoms with Gasteiger partial charge in [0.1, 0.15) is 5.75 Å². The first-order valence-corrected chi connectivity index (χ1v) is 10.6. The predicted octanol–water partition coefficient (Wildman–Crippen LogP) is 3.89. The molecule has 3 aromatic carbocycles. The summed E-state index contributed by atoms with van der Waals surface area (Å²) < 4.78 is 15.8.